The molecule has 0 amide bonds. The Balaban J connectivity index is 1.66. The van der Waals surface area contributed by atoms with Gasteiger partial charge in [-0.05, 0) is 29.7 Å². The van der Waals surface area contributed by atoms with Crippen LogP contribution in [-0.2, 0) is 16.0 Å². The zero-order chi connectivity index (χ0) is 16.2. The molecule has 2 heterocycles. The van der Waals surface area contributed by atoms with E-state index in [9.17, 15) is 4.79 Å². The maximum absolute atomic E-state index is 11.5. The minimum absolute atomic E-state index is 0.101. The van der Waals surface area contributed by atoms with E-state index in [1.165, 1.54) is 18.2 Å². The van der Waals surface area contributed by atoms with Gasteiger partial charge in [-0.2, -0.15) is 0 Å². The quantitative estimate of drug-likeness (QED) is 0.882. The van der Waals surface area contributed by atoms with E-state index in [0.29, 0.717) is 12.3 Å². The van der Waals surface area contributed by atoms with Crippen LogP contribution in [0.15, 0.2) is 36.5 Å². The first-order valence-electron chi connectivity index (χ1n) is 7.82. The molecule has 23 heavy (non-hydrogen) atoms. The van der Waals surface area contributed by atoms with E-state index >= 15 is 0 Å². The lowest BCUT2D eigenvalue weighted by Gasteiger charge is -2.33. The lowest BCUT2D eigenvalue weighted by Crippen LogP contribution is -2.37. The average Bonchev–Trinajstić information content (AvgIpc) is 3.03. The largest absolute Gasteiger partial charge is 0.464 e. The van der Waals surface area contributed by atoms with Gasteiger partial charge in [-0.3, -0.25) is 4.90 Å². The third kappa shape index (κ3) is 3.63. The molecule has 3 rings (SSSR count). The Kier molecular flexibility index (Phi) is 4.79. The maximum atomic E-state index is 11.5. The zero-order valence-electron chi connectivity index (χ0n) is 13.5. The molecular weight excluding hydrogens is 292 g/mol. The summed E-state index contributed by atoms with van der Waals surface area (Å²) in [7, 11) is 1.39. The van der Waals surface area contributed by atoms with Crippen molar-refractivity contribution in [1.82, 2.24) is 9.88 Å². The topological polar surface area (TPSA) is 54.6 Å². The molecule has 0 aliphatic carbocycles. The van der Waals surface area contributed by atoms with Crippen LogP contribution < -0.4 is 0 Å². The first-order chi connectivity index (χ1) is 11.2. The van der Waals surface area contributed by atoms with E-state index in [4.69, 9.17) is 9.47 Å². The molecule has 0 spiro atoms. The highest BCUT2D eigenvalue weighted by atomic mass is 16.5. The fourth-order valence-electron chi connectivity index (χ4n) is 3.00. The second-order valence-corrected chi connectivity index (χ2v) is 5.86. The highest BCUT2D eigenvalue weighted by molar-refractivity contribution is 5.87. The van der Waals surface area contributed by atoms with Crippen molar-refractivity contribution in [2.75, 3.05) is 26.8 Å². The van der Waals surface area contributed by atoms with Crippen molar-refractivity contribution in [2.24, 2.45) is 0 Å². The van der Waals surface area contributed by atoms with Crippen LogP contribution in [0.4, 0.5) is 0 Å². The lowest BCUT2D eigenvalue weighted by atomic mass is 10.0. The van der Waals surface area contributed by atoms with Crippen LogP contribution >= 0.6 is 0 Å². The number of methoxy groups -OCH3 is 1. The number of aryl methyl sites for hydroxylation is 1. The van der Waals surface area contributed by atoms with Crippen molar-refractivity contribution in [2.45, 2.75) is 19.6 Å². The average molecular weight is 314 g/mol. The van der Waals surface area contributed by atoms with E-state index in [1.54, 1.807) is 0 Å². The minimum Gasteiger partial charge on any atom is -0.464 e. The van der Waals surface area contributed by atoms with Gasteiger partial charge in [0.1, 0.15) is 5.69 Å². The molecule has 1 aliphatic heterocycles. The van der Waals surface area contributed by atoms with E-state index in [-0.39, 0.29) is 12.1 Å². The van der Waals surface area contributed by atoms with Crippen LogP contribution in [-0.4, -0.2) is 42.7 Å². The van der Waals surface area contributed by atoms with Gasteiger partial charge in [0.15, 0.2) is 0 Å². The van der Waals surface area contributed by atoms with Crippen molar-refractivity contribution in [1.29, 1.82) is 0 Å². The molecule has 5 heteroatoms. The maximum Gasteiger partial charge on any atom is 0.354 e. The Morgan fingerprint density at radius 1 is 1.43 bits per heavy atom. The highest BCUT2D eigenvalue weighted by Crippen LogP contribution is 2.25. The zero-order valence-corrected chi connectivity index (χ0v) is 13.5. The number of morpholine rings is 1. The first kappa shape index (κ1) is 15.8. The Bertz CT molecular complexity index is 680. The van der Waals surface area contributed by atoms with E-state index in [2.05, 4.69) is 35.0 Å². The van der Waals surface area contributed by atoms with Crippen molar-refractivity contribution < 1.29 is 14.3 Å². The second-order valence-electron chi connectivity index (χ2n) is 5.86. The van der Waals surface area contributed by atoms with Crippen molar-refractivity contribution in [3.8, 4) is 0 Å². The summed E-state index contributed by atoms with van der Waals surface area (Å²) in [6.07, 6.45) is 1.97. The predicted octanol–water partition coefficient (Wildman–Crippen LogP) is 2.68. The smallest absolute Gasteiger partial charge is 0.354 e. The number of hydrogen-bond acceptors (Lipinski definition) is 4. The van der Waals surface area contributed by atoms with Gasteiger partial charge in [-0.1, -0.05) is 24.3 Å². The van der Waals surface area contributed by atoms with Crippen LogP contribution in [0.25, 0.3) is 0 Å². The van der Waals surface area contributed by atoms with Gasteiger partial charge in [0.25, 0.3) is 0 Å². The summed E-state index contributed by atoms with van der Waals surface area (Å²) in [4.78, 5) is 16.8. The van der Waals surface area contributed by atoms with E-state index < -0.39 is 0 Å². The number of nitrogens with zero attached hydrogens (tertiary/aromatic N) is 1. The summed E-state index contributed by atoms with van der Waals surface area (Å²) in [5, 5.41) is 0. The Morgan fingerprint density at radius 2 is 2.26 bits per heavy atom. The number of H-pyrrole nitrogens is 1. The molecule has 0 bridgehead atoms. The van der Waals surface area contributed by atoms with Crippen LogP contribution in [0.5, 0.6) is 0 Å². The van der Waals surface area contributed by atoms with Gasteiger partial charge in [0.05, 0.1) is 19.8 Å². The first-order valence-corrected chi connectivity index (χ1v) is 7.82. The fourth-order valence-corrected chi connectivity index (χ4v) is 3.00. The van der Waals surface area contributed by atoms with Crippen LogP contribution in [0.1, 0.15) is 33.3 Å². The van der Waals surface area contributed by atoms with Crippen LogP contribution in [0.3, 0.4) is 0 Å². The third-order valence-corrected chi connectivity index (χ3v) is 4.24. The van der Waals surface area contributed by atoms with Gasteiger partial charge < -0.3 is 14.5 Å². The minimum atomic E-state index is -0.337. The molecule has 1 saturated heterocycles. The SMILES string of the molecule is COC(=O)c1cc(CN2CCOC(c3ccccc3C)C2)c[nH]1. The molecule has 0 radical (unpaired) electrons. The number of hydrogen-bond donors (Lipinski definition) is 1. The lowest BCUT2D eigenvalue weighted by molar-refractivity contribution is -0.0332. The number of nitrogens with one attached hydrogen (secondary N) is 1. The number of aromatic amines is 1. The van der Waals surface area contributed by atoms with Gasteiger partial charge in [0.2, 0.25) is 0 Å². The molecular formula is C18H22N2O3. The predicted molar refractivity (Wildman–Crippen MR) is 87.3 cm³/mol. The molecule has 1 aromatic heterocycles. The second kappa shape index (κ2) is 6.98. The molecule has 1 fully saturated rings. The van der Waals surface area contributed by atoms with Crippen molar-refractivity contribution in [3.05, 3.63) is 58.9 Å². The molecule has 122 valence electrons. The summed E-state index contributed by atoms with van der Waals surface area (Å²) in [5.41, 5.74) is 4.08. The summed E-state index contributed by atoms with van der Waals surface area (Å²) in [6.45, 7) is 5.36. The molecule has 1 aromatic carbocycles. The Hall–Kier alpha value is -2.11. The third-order valence-electron chi connectivity index (χ3n) is 4.24. The van der Waals surface area contributed by atoms with E-state index in [1.807, 2.05) is 18.3 Å². The molecule has 1 N–H and O–H groups in total. The molecule has 1 aliphatic rings. The number of carbonyl (C=O) groups is 1. The number of rotatable bonds is 4. The molecule has 1 atom stereocenters. The number of aromatic nitrogens is 1. The number of ether oxygens (including phenoxy) is 2. The van der Waals surface area contributed by atoms with Gasteiger partial charge in [0, 0.05) is 25.8 Å². The molecule has 2 aromatic rings. The monoisotopic (exact) mass is 314 g/mol. The summed E-state index contributed by atoms with van der Waals surface area (Å²) < 4.78 is 10.7. The molecule has 1 unspecified atom stereocenters. The van der Waals surface area contributed by atoms with E-state index in [0.717, 1.165) is 25.2 Å². The Labute approximate surface area is 136 Å². The van der Waals surface area contributed by atoms with Gasteiger partial charge in [-0.25, -0.2) is 4.79 Å². The normalized spacial score (nSPS) is 18.8. The van der Waals surface area contributed by atoms with Gasteiger partial charge >= 0.3 is 5.97 Å². The Morgan fingerprint density at radius 3 is 3.04 bits per heavy atom. The summed E-state index contributed by atoms with van der Waals surface area (Å²) >= 11 is 0. The molecule has 5 nitrogen and oxygen atoms in total. The van der Waals surface area contributed by atoms with Crippen molar-refractivity contribution in [3.63, 3.8) is 0 Å². The number of esters is 1. The van der Waals surface area contributed by atoms with Gasteiger partial charge in [-0.15, -0.1) is 0 Å². The summed E-state index contributed by atoms with van der Waals surface area (Å²) in [6, 6.07) is 10.2. The van der Waals surface area contributed by atoms with Crippen molar-refractivity contribution >= 4 is 5.97 Å². The highest BCUT2D eigenvalue weighted by Gasteiger charge is 2.23. The fraction of sp³-hybridized carbons (Fsp3) is 0.389. The number of benzene rings is 1. The van der Waals surface area contributed by atoms with Crippen LogP contribution in [0.2, 0.25) is 0 Å². The molecule has 0 saturated carbocycles. The summed E-state index contributed by atoms with van der Waals surface area (Å²) in [5.74, 6) is -0.337. The van der Waals surface area contributed by atoms with Crippen LogP contribution in [0, 0.1) is 6.92 Å². The standard InChI is InChI=1S/C18H22N2O3/c1-13-5-3-4-6-15(13)17-12-20(7-8-23-17)11-14-9-16(19-10-14)18(21)22-2/h3-6,9-10,17,19H,7-8,11-12H2,1-2H3. The number of carbonyl (C=O) groups excluding carboxylic acids is 1.